The summed E-state index contributed by atoms with van der Waals surface area (Å²) in [6.07, 6.45) is 0.373. The quantitative estimate of drug-likeness (QED) is 0.687. The molecule has 0 aliphatic carbocycles. The molecule has 19 heavy (non-hydrogen) atoms. The van der Waals surface area contributed by atoms with Crippen LogP contribution in [-0.2, 0) is 9.53 Å². The van der Waals surface area contributed by atoms with Gasteiger partial charge in [0.15, 0.2) is 0 Å². The maximum absolute atomic E-state index is 12.3. The van der Waals surface area contributed by atoms with Crippen molar-refractivity contribution in [3.63, 3.8) is 0 Å². The van der Waals surface area contributed by atoms with Crippen molar-refractivity contribution < 1.29 is 9.53 Å². The Morgan fingerprint density at radius 2 is 2.05 bits per heavy atom. The van der Waals surface area contributed by atoms with Crippen LogP contribution in [0.2, 0.25) is 0 Å². The van der Waals surface area contributed by atoms with Gasteiger partial charge in [-0.05, 0) is 13.8 Å². The number of nitrogens with zero attached hydrogens (tertiary/aromatic N) is 3. The minimum atomic E-state index is -0.576. The largest absolute Gasteiger partial charge is 0.379 e. The Hall–Kier alpha value is -0.640. The molecule has 0 aromatic heterocycles. The third-order valence-electron chi connectivity index (χ3n) is 3.08. The van der Waals surface area contributed by atoms with Gasteiger partial charge in [-0.15, -0.1) is 0 Å². The third kappa shape index (κ3) is 5.89. The molecule has 0 saturated carbocycles. The van der Waals surface area contributed by atoms with Gasteiger partial charge in [0.05, 0.1) is 30.0 Å². The van der Waals surface area contributed by atoms with Crippen LogP contribution in [0.15, 0.2) is 0 Å². The molecule has 0 atom stereocenters. The van der Waals surface area contributed by atoms with Gasteiger partial charge < -0.3 is 9.64 Å². The van der Waals surface area contributed by atoms with Crippen molar-refractivity contribution in [1.82, 2.24) is 9.80 Å². The normalized spacial score (nSPS) is 16.9. The topological polar surface area (TPSA) is 56.6 Å². The van der Waals surface area contributed by atoms with Crippen LogP contribution in [0, 0.1) is 11.3 Å². The summed E-state index contributed by atoms with van der Waals surface area (Å²) < 4.78 is 4.72. The number of amides is 1. The summed E-state index contributed by atoms with van der Waals surface area (Å²) in [5.74, 6) is 0.0380. The summed E-state index contributed by atoms with van der Waals surface area (Å²) in [4.78, 5) is 16.3. The Balaban J connectivity index is 2.49. The molecule has 0 radical (unpaired) electrons. The fourth-order valence-electron chi connectivity index (χ4n) is 1.96. The van der Waals surface area contributed by atoms with Crippen molar-refractivity contribution in [2.75, 3.05) is 45.9 Å². The van der Waals surface area contributed by atoms with E-state index in [1.165, 1.54) is 0 Å². The summed E-state index contributed by atoms with van der Waals surface area (Å²) >= 11 is 3.39. The molecule has 0 spiro atoms. The van der Waals surface area contributed by atoms with E-state index >= 15 is 0 Å². The van der Waals surface area contributed by atoms with Crippen LogP contribution >= 0.6 is 15.9 Å². The lowest BCUT2D eigenvalue weighted by atomic mass is 10.2. The fourth-order valence-corrected chi connectivity index (χ4v) is 2.21. The first-order chi connectivity index (χ1) is 8.95. The van der Waals surface area contributed by atoms with E-state index in [9.17, 15) is 4.79 Å². The van der Waals surface area contributed by atoms with E-state index in [4.69, 9.17) is 10.00 Å². The van der Waals surface area contributed by atoms with E-state index in [0.717, 1.165) is 32.8 Å². The molecule has 0 aromatic carbocycles. The number of hydrogen-bond donors (Lipinski definition) is 0. The van der Waals surface area contributed by atoms with Gasteiger partial charge >= 0.3 is 0 Å². The Bertz CT molecular complexity index is 330. The first kappa shape index (κ1) is 16.4. The Morgan fingerprint density at radius 3 is 2.58 bits per heavy atom. The van der Waals surface area contributed by atoms with Crippen LogP contribution in [0.3, 0.4) is 0 Å². The third-order valence-corrected chi connectivity index (χ3v) is 3.42. The van der Waals surface area contributed by atoms with Gasteiger partial charge in [-0.2, -0.15) is 5.26 Å². The van der Waals surface area contributed by atoms with Gasteiger partial charge in [0.25, 0.3) is 0 Å². The molecule has 5 nitrogen and oxygen atoms in total. The number of hydrogen-bond acceptors (Lipinski definition) is 4. The smallest absolute Gasteiger partial charge is 0.238 e. The summed E-state index contributed by atoms with van der Waals surface area (Å²) in [7, 11) is 0. The van der Waals surface area contributed by atoms with Crippen LogP contribution in [0.4, 0.5) is 0 Å². The SMILES string of the molecule is CC(C)(Br)C(=O)N(CCC#N)CCN1CCOCC1. The van der Waals surface area contributed by atoms with Crippen molar-refractivity contribution >= 4 is 21.8 Å². The van der Waals surface area contributed by atoms with E-state index < -0.39 is 4.32 Å². The van der Waals surface area contributed by atoms with Crippen molar-refractivity contribution in [3.8, 4) is 6.07 Å². The minimum absolute atomic E-state index is 0.0380. The number of morpholine rings is 1. The van der Waals surface area contributed by atoms with E-state index in [-0.39, 0.29) is 5.91 Å². The first-order valence-electron chi connectivity index (χ1n) is 6.60. The summed E-state index contributed by atoms with van der Waals surface area (Å²) in [6, 6.07) is 2.10. The number of nitriles is 1. The molecule has 108 valence electrons. The van der Waals surface area contributed by atoms with Gasteiger partial charge in [-0.1, -0.05) is 15.9 Å². The molecule has 0 unspecified atom stereocenters. The van der Waals surface area contributed by atoms with E-state index in [1.54, 1.807) is 4.90 Å². The van der Waals surface area contributed by atoms with Gasteiger partial charge in [-0.3, -0.25) is 9.69 Å². The monoisotopic (exact) mass is 331 g/mol. The minimum Gasteiger partial charge on any atom is -0.379 e. The van der Waals surface area contributed by atoms with E-state index in [0.29, 0.717) is 19.5 Å². The van der Waals surface area contributed by atoms with Crippen molar-refractivity contribution in [1.29, 1.82) is 5.26 Å². The Kier molecular flexibility index (Phi) is 6.76. The molecule has 1 aliphatic rings. The second-order valence-electron chi connectivity index (χ2n) is 5.13. The molecule has 0 bridgehead atoms. The number of alkyl halides is 1. The number of ether oxygens (including phenoxy) is 1. The zero-order chi connectivity index (χ0) is 14.3. The lowest BCUT2D eigenvalue weighted by Gasteiger charge is -2.32. The zero-order valence-electron chi connectivity index (χ0n) is 11.7. The number of halogens is 1. The second-order valence-corrected chi connectivity index (χ2v) is 7.11. The summed E-state index contributed by atoms with van der Waals surface area (Å²) in [6.45, 7) is 9.02. The van der Waals surface area contributed by atoms with Crippen molar-refractivity contribution in [2.24, 2.45) is 0 Å². The zero-order valence-corrected chi connectivity index (χ0v) is 13.3. The molecular formula is C13H22BrN3O2. The maximum Gasteiger partial charge on any atom is 0.238 e. The standard InChI is InChI=1S/C13H22BrN3O2/c1-13(2,14)12(18)17(5-3-4-15)7-6-16-8-10-19-11-9-16/h3,5-11H2,1-2H3. The van der Waals surface area contributed by atoms with Gasteiger partial charge in [0.1, 0.15) is 0 Å². The Morgan fingerprint density at radius 1 is 1.42 bits per heavy atom. The summed E-state index contributed by atoms with van der Waals surface area (Å²) in [5.41, 5.74) is 0. The van der Waals surface area contributed by atoms with Crippen molar-refractivity contribution in [3.05, 3.63) is 0 Å². The molecule has 1 saturated heterocycles. The molecule has 1 aliphatic heterocycles. The average Bonchev–Trinajstić information content (AvgIpc) is 2.38. The van der Waals surface area contributed by atoms with Gasteiger partial charge in [0, 0.05) is 32.7 Å². The predicted octanol–water partition coefficient (Wildman–Crippen LogP) is 1.23. The van der Waals surface area contributed by atoms with Crippen LogP contribution in [0.25, 0.3) is 0 Å². The number of rotatable bonds is 6. The fraction of sp³-hybridized carbons (Fsp3) is 0.846. The number of carbonyl (C=O) groups excluding carboxylic acids is 1. The van der Waals surface area contributed by atoms with Crippen molar-refractivity contribution in [2.45, 2.75) is 24.6 Å². The lowest BCUT2D eigenvalue weighted by molar-refractivity contribution is -0.133. The Labute approximate surface area is 123 Å². The highest BCUT2D eigenvalue weighted by Crippen LogP contribution is 2.19. The highest BCUT2D eigenvalue weighted by molar-refractivity contribution is 9.10. The molecule has 1 fully saturated rings. The molecule has 0 N–H and O–H groups in total. The molecular weight excluding hydrogens is 310 g/mol. The summed E-state index contributed by atoms with van der Waals surface area (Å²) in [5, 5.41) is 8.69. The average molecular weight is 332 g/mol. The van der Waals surface area contributed by atoms with Gasteiger partial charge in [0.2, 0.25) is 5.91 Å². The maximum atomic E-state index is 12.3. The van der Waals surface area contributed by atoms with Gasteiger partial charge in [-0.25, -0.2) is 0 Å². The highest BCUT2D eigenvalue weighted by Gasteiger charge is 2.29. The second kappa shape index (κ2) is 7.83. The van der Waals surface area contributed by atoms with Crippen LogP contribution in [-0.4, -0.2) is 66.0 Å². The van der Waals surface area contributed by atoms with Crippen LogP contribution in [0.1, 0.15) is 20.3 Å². The predicted molar refractivity (Wildman–Crippen MR) is 77.1 cm³/mol. The molecule has 1 heterocycles. The first-order valence-corrected chi connectivity index (χ1v) is 7.40. The highest BCUT2D eigenvalue weighted by atomic mass is 79.9. The lowest BCUT2D eigenvalue weighted by Crippen LogP contribution is -2.47. The van der Waals surface area contributed by atoms with Crippen LogP contribution in [0.5, 0.6) is 0 Å². The van der Waals surface area contributed by atoms with E-state index in [1.807, 2.05) is 13.8 Å². The molecule has 6 heteroatoms. The number of carbonyl (C=O) groups is 1. The van der Waals surface area contributed by atoms with Crippen LogP contribution < -0.4 is 0 Å². The molecule has 0 aromatic rings. The van der Waals surface area contributed by atoms with E-state index in [2.05, 4.69) is 26.9 Å². The molecule has 1 rings (SSSR count). The molecule has 1 amide bonds.